The van der Waals surface area contributed by atoms with E-state index >= 15 is 0 Å². The highest BCUT2D eigenvalue weighted by molar-refractivity contribution is 6.13. The molecular formula is C29H36N2O5. The van der Waals surface area contributed by atoms with E-state index in [1.165, 1.54) is 18.4 Å². The van der Waals surface area contributed by atoms with Crippen molar-refractivity contribution in [3.63, 3.8) is 0 Å². The fraction of sp³-hybridized carbons (Fsp3) is 0.517. The quantitative estimate of drug-likeness (QED) is 0.485. The molecule has 7 heteroatoms. The summed E-state index contributed by atoms with van der Waals surface area (Å²) in [4.78, 5) is 21.9. The number of benzene rings is 2. The average molecular weight is 493 g/mol. The Morgan fingerprint density at radius 1 is 1.08 bits per heavy atom. The Labute approximate surface area is 213 Å². The second kappa shape index (κ2) is 10.9. The van der Waals surface area contributed by atoms with Crippen LogP contribution < -0.4 is 9.47 Å². The number of carbonyl (C=O) groups excluding carboxylic acids is 1. The second-order valence-electron chi connectivity index (χ2n) is 9.97. The van der Waals surface area contributed by atoms with Crippen LogP contribution in [0.5, 0.6) is 11.5 Å². The maximum atomic E-state index is 13.3. The fourth-order valence-corrected chi connectivity index (χ4v) is 5.69. The zero-order valence-electron chi connectivity index (χ0n) is 21.3. The number of methoxy groups -OCH3 is 1. The summed E-state index contributed by atoms with van der Waals surface area (Å²) in [7, 11) is 1.65. The summed E-state index contributed by atoms with van der Waals surface area (Å²) >= 11 is 0. The van der Waals surface area contributed by atoms with E-state index in [-0.39, 0.29) is 12.1 Å². The SMILES string of the molecule is CCOC(=O)C1C(c2ccc(OC)c(OC3CCCC3)c2)=NOC12CCN(Cc1ccccc1)CC2. The number of likely N-dealkylation sites (tertiary alicyclic amines) is 1. The number of oxime groups is 1. The number of rotatable bonds is 8. The van der Waals surface area contributed by atoms with E-state index in [2.05, 4.69) is 34.3 Å². The Kier molecular flexibility index (Phi) is 7.46. The van der Waals surface area contributed by atoms with E-state index in [4.69, 9.17) is 19.0 Å². The van der Waals surface area contributed by atoms with Gasteiger partial charge in [-0.15, -0.1) is 0 Å². The Morgan fingerprint density at radius 2 is 1.83 bits per heavy atom. The van der Waals surface area contributed by atoms with Gasteiger partial charge in [0.2, 0.25) is 0 Å². The number of nitrogens with zero attached hydrogens (tertiary/aromatic N) is 2. The van der Waals surface area contributed by atoms with Gasteiger partial charge in [0.25, 0.3) is 0 Å². The summed E-state index contributed by atoms with van der Waals surface area (Å²) in [5.74, 6) is 0.510. The van der Waals surface area contributed by atoms with Gasteiger partial charge in [-0.05, 0) is 56.4 Å². The molecular weight excluding hydrogens is 456 g/mol. The van der Waals surface area contributed by atoms with Crippen LogP contribution in [-0.4, -0.2) is 55.1 Å². The molecule has 1 saturated heterocycles. The summed E-state index contributed by atoms with van der Waals surface area (Å²) in [6.45, 7) is 4.69. The van der Waals surface area contributed by atoms with Gasteiger partial charge < -0.3 is 19.0 Å². The maximum Gasteiger partial charge on any atom is 0.319 e. The first-order valence-corrected chi connectivity index (χ1v) is 13.2. The molecule has 2 aromatic carbocycles. The minimum atomic E-state index is -0.693. The molecule has 192 valence electrons. The average Bonchev–Trinajstić information content (AvgIpc) is 3.54. The minimum absolute atomic E-state index is 0.192. The maximum absolute atomic E-state index is 13.3. The number of esters is 1. The zero-order valence-corrected chi connectivity index (χ0v) is 21.3. The second-order valence-corrected chi connectivity index (χ2v) is 9.97. The van der Waals surface area contributed by atoms with E-state index in [9.17, 15) is 4.79 Å². The van der Waals surface area contributed by atoms with Crippen molar-refractivity contribution in [1.29, 1.82) is 0 Å². The van der Waals surface area contributed by atoms with Gasteiger partial charge in [0.1, 0.15) is 11.6 Å². The lowest BCUT2D eigenvalue weighted by atomic mass is 9.76. The third-order valence-corrected chi connectivity index (χ3v) is 7.65. The van der Waals surface area contributed by atoms with Gasteiger partial charge in [-0.1, -0.05) is 35.5 Å². The molecule has 5 rings (SSSR count). The highest BCUT2D eigenvalue weighted by atomic mass is 16.7. The highest BCUT2D eigenvalue weighted by Crippen LogP contribution is 2.43. The van der Waals surface area contributed by atoms with Crippen molar-refractivity contribution in [2.45, 2.75) is 63.7 Å². The molecule has 1 spiro atoms. The van der Waals surface area contributed by atoms with Crippen LogP contribution in [0.4, 0.5) is 0 Å². The van der Waals surface area contributed by atoms with Gasteiger partial charge in [0, 0.05) is 38.0 Å². The van der Waals surface area contributed by atoms with E-state index < -0.39 is 11.5 Å². The number of piperidine rings is 1. The monoisotopic (exact) mass is 492 g/mol. The third-order valence-electron chi connectivity index (χ3n) is 7.65. The summed E-state index contributed by atoms with van der Waals surface area (Å²) in [5, 5.41) is 4.51. The Morgan fingerprint density at radius 3 is 2.53 bits per heavy atom. The zero-order chi connectivity index (χ0) is 25.0. The normalized spacial score (nSPS) is 21.7. The molecule has 36 heavy (non-hydrogen) atoms. The van der Waals surface area contributed by atoms with E-state index in [1.807, 2.05) is 31.2 Å². The molecule has 1 saturated carbocycles. The topological polar surface area (TPSA) is 69.6 Å². The van der Waals surface area contributed by atoms with E-state index in [0.29, 0.717) is 36.7 Å². The summed E-state index contributed by atoms with van der Waals surface area (Å²) in [6, 6.07) is 16.2. The Balaban J connectivity index is 1.36. The van der Waals surface area contributed by atoms with Crippen LogP contribution in [0.2, 0.25) is 0 Å². The molecule has 1 unspecified atom stereocenters. The van der Waals surface area contributed by atoms with Crippen LogP contribution in [0.3, 0.4) is 0 Å². The van der Waals surface area contributed by atoms with Crippen LogP contribution >= 0.6 is 0 Å². The van der Waals surface area contributed by atoms with Crippen LogP contribution in [0.25, 0.3) is 0 Å². The highest BCUT2D eigenvalue weighted by Gasteiger charge is 2.55. The molecule has 0 N–H and O–H groups in total. The molecule has 7 nitrogen and oxygen atoms in total. The lowest BCUT2D eigenvalue weighted by Crippen LogP contribution is -2.52. The molecule has 0 amide bonds. The minimum Gasteiger partial charge on any atom is -0.493 e. The molecule has 0 radical (unpaired) electrons. The molecule has 2 aliphatic heterocycles. The molecule has 2 fully saturated rings. The van der Waals surface area contributed by atoms with Crippen molar-refractivity contribution in [1.82, 2.24) is 4.90 Å². The third kappa shape index (κ3) is 5.07. The lowest BCUT2D eigenvalue weighted by Gasteiger charge is -2.40. The summed E-state index contributed by atoms with van der Waals surface area (Å²) < 4.78 is 17.4. The summed E-state index contributed by atoms with van der Waals surface area (Å²) in [5.41, 5.74) is 2.02. The van der Waals surface area contributed by atoms with Gasteiger partial charge in [0.05, 0.1) is 19.8 Å². The van der Waals surface area contributed by atoms with Crippen molar-refractivity contribution >= 4 is 11.7 Å². The van der Waals surface area contributed by atoms with Crippen molar-refractivity contribution in [2.75, 3.05) is 26.8 Å². The fourth-order valence-electron chi connectivity index (χ4n) is 5.69. The van der Waals surface area contributed by atoms with Gasteiger partial charge in [-0.25, -0.2) is 0 Å². The first-order chi connectivity index (χ1) is 17.6. The first-order valence-electron chi connectivity index (χ1n) is 13.2. The molecule has 0 bridgehead atoms. The predicted octanol–water partition coefficient (Wildman–Crippen LogP) is 4.97. The van der Waals surface area contributed by atoms with Crippen molar-refractivity contribution in [3.8, 4) is 11.5 Å². The molecule has 1 atom stereocenters. The first kappa shape index (κ1) is 24.6. The number of carbonyl (C=O) groups is 1. The molecule has 0 aromatic heterocycles. The Hall–Kier alpha value is -3.06. The van der Waals surface area contributed by atoms with Gasteiger partial charge >= 0.3 is 5.97 Å². The lowest BCUT2D eigenvalue weighted by molar-refractivity contribution is -0.158. The van der Waals surface area contributed by atoms with Gasteiger partial charge in [-0.3, -0.25) is 9.69 Å². The molecule has 3 aliphatic rings. The number of hydrogen-bond donors (Lipinski definition) is 0. The van der Waals surface area contributed by atoms with Crippen molar-refractivity contribution in [3.05, 3.63) is 59.7 Å². The number of ether oxygens (including phenoxy) is 3. The van der Waals surface area contributed by atoms with E-state index in [0.717, 1.165) is 38.0 Å². The molecule has 2 aromatic rings. The summed E-state index contributed by atoms with van der Waals surface area (Å²) in [6.07, 6.45) is 6.06. The molecule has 1 aliphatic carbocycles. The Bertz CT molecular complexity index is 1070. The van der Waals surface area contributed by atoms with Crippen molar-refractivity contribution in [2.24, 2.45) is 11.1 Å². The smallest absolute Gasteiger partial charge is 0.319 e. The van der Waals surface area contributed by atoms with Crippen LogP contribution in [0.1, 0.15) is 56.6 Å². The van der Waals surface area contributed by atoms with Crippen LogP contribution in [0.15, 0.2) is 53.7 Å². The van der Waals surface area contributed by atoms with Crippen molar-refractivity contribution < 1.29 is 23.8 Å². The largest absolute Gasteiger partial charge is 0.493 e. The number of hydrogen-bond acceptors (Lipinski definition) is 7. The van der Waals surface area contributed by atoms with Gasteiger partial charge in [-0.2, -0.15) is 0 Å². The van der Waals surface area contributed by atoms with Gasteiger partial charge in [0.15, 0.2) is 17.1 Å². The van der Waals surface area contributed by atoms with E-state index in [1.54, 1.807) is 7.11 Å². The van der Waals surface area contributed by atoms with Crippen LogP contribution in [0, 0.1) is 5.92 Å². The standard InChI is InChI=1S/C29H36N2O5/c1-3-34-28(32)26-27(22-13-14-24(33-2)25(19-22)35-23-11-7-8-12-23)30-36-29(26)15-17-31(18-16-29)20-21-9-5-4-6-10-21/h4-6,9-10,13-14,19,23,26H,3,7-8,11-12,15-18,20H2,1-2H3. The van der Waals surface area contributed by atoms with Crippen LogP contribution in [-0.2, 0) is 20.9 Å². The predicted molar refractivity (Wildman–Crippen MR) is 137 cm³/mol. The molecule has 2 heterocycles.